The Morgan fingerprint density at radius 1 is 1.36 bits per heavy atom. The van der Waals surface area contributed by atoms with E-state index in [2.05, 4.69) is 23.2 Å². The van der Waals surface area contributed by atoms with Gasteiger partial charge in [0.25, 0.3) is 0 Å². The van der Waals surface area contributed by atoms with E-state index in [1.165, 1.54) is 6.42 Å². The van der Waals surface area contributed by atoms with E-state index in [4.69, 9.17) is 0 Å². The lowest BCUT2D eigenvalue weighted by Crippen LogP contribution is -2.63. The molecule has 0 spiro atoms. The number of nitrogens with one attached hydrogen (secondary N) is 1. The van der Waals surface area contributed by atoms with Crippen LogP contribution >= 0.6 is 11.3 Å². The van der Waals surface area contributed by atoms with E-state index in [9.17, 15) is 9.90 Å². The summed E-state index contributed by atoms with van der Waals surface area (Å²) in [5, 5.41) is 20.7. The highest BCUT2D eigenvalue weighted by molar-refractivity contribution is 7.13. The maximum atomic E-state index is 13.6. The molecule has 2 aromatic heterocycles. The first-order valence-corrected chi connectivity index (χ1v) is 11.3. The van der Waals surface area contributed by atoms with E-state index in [-0.39, 0.29) is 16.7 Å². The largest absolute Gasteiger partial charge is 0.390 e. The molecule has 1 amide bonds. The molecule has 0 aromatic carbocycles. The summed E-state index contributed by atoms with van der Waals surface area (Å²) in [5.74, 6) is 0.705. The molecule has 4 saturated carbocycles. The smallest absolute Gasteiger partial charge is 0.229 e. The molecule has 4 aliphatic rings. The fourth-order valence-electron chi connectivity index (χ4n) is 6.94. The van der Waals surface area contributed by atoms with Crippen LogP contribution in [0.2, 0.25) is 0 Å². The van der Waals surface area contributed by atoms with Crippen molar-refractivity contribution < 1.29 is 9.90 Å². The van der Waals surface area contributed by atoms with Gasteiger partial charge in [-0.3, -0.25) is 9.89 Å². The number of hydrogen-bond acceptors (Lipinski definition) is 4. The number of rotatable bonds is 5. The summed E-state index contributed by atoms with van der Waals surface area (Å²) in [5.41, 5.74) is 1.03. The molecule has 0 aliphatic heterocycles. The predicted octanol–water partition coefficient (Wildman–Crippen LogP) is 4.21. The van der Waals surface area contributed by atoms with Crippen molar-refractivity contribution in [3.8, 4) is 10.6 Å². The number of hydrogen-bond donors (Lipinski definition) is 2. The van der Waals surface area contributed by atoms with Crippen LogP contribution in [0.4, 0.5) is 0 Å². The van der Waals surface area contributed by atoms with Gasteiger partial charge in [0.15, 0.2) is 0 Å². The molecule has 4 unspecified atom stereocenters. The van der Waals surface area contributed by atoms with Crippen molar-refractivity contribution in [2.45, 2.75) is 64.0 Å². The van der Waals surface area contributed by atoms with Gasteiger partial charge in [0, 0.05) is 7.05 Å². The Balaban J connectivity index is 1.36. The first kappa shape index (κ1) is 18.4. The average molecular weight is 400 g/mol. The Bertz CT molecular complexity index is 893. The lowest BCUT2D eigenvalue weighted by atomic mass is 9.42. The molecule has 6 heteroatoms. The van der Waals surface area contributed by atoms with Crippen LogP contribution in [0.25, 0.3) is 10.6 Å². The fraction of sp³-hybridized carbons (Fsp3) is 0.636. The first-order chi connectivity index (χ1) is 13.3. The van der Waals surface area contributed by atoms with Crippen molar-refractivity contribution in [3.63, 3.8) is 0 Å². The van der Waals surface area contributed by atoms with Crippen LogP contribution in [0.3, 0.4) is 0 Å². The van der Waals surface area contributed by atoms with E-state index in [0.29, 0.717) is 18.9 Å². The molecule has 2 heterocycles. The van der Waals surface area contributed by atoms with Crippen molar-refractivity contribution in [2.24, 2.45) is 16.7 Å². The van der Waals surface area contributed by atoms with Gasteiger partial charge >= 0.3 is 0 Å². The third kappa shape index (κ3) is 2.84. The van der Waals surface area contributed by atoms with Crippen molar-refractivity contribution in [2.75, 3.05) is 7.05 Å². The quantitative estimate of drug-likeness (QED) is 0.791. The van der Waals surface area contributed by atoms with Crippen LogP contribution < -0.4 is 0 Å². The molecular formula is C22H29N3O2S. The number of amides is 1. The normalized spacial score (nSPS) is 36.0. The summed E-state index contributed by atoms with van der Waals surface area (Å²) < 4.78 is 0. The molecule has 0 saturated heterocycles. The number of aliphatic hydroxyl groups is 1. The van der Waals surface area contributed by atoms with E-state index in [0.717, 1.165) is 48.4 Å². The molecular weight excluding hydrogens is 370 g/mol. The monoisotopic (exact) mass is 399 g/mol. The molecule has 4 bridgehead atoms. The molecule has 6 rings (SSSR count). The molecule has 28 heavy (non-hydrogen) atoms. The minimum absolute atomic E-state index is 0.158. The molecule has 4 aliphatic carbocycles. The lowest BCUT2D eigenvalue weighted by molar-refractivity contribution is -0.209. The van der Waals surface area contributed by atoms with E-state index in [1.54, 1.807) is 11.3 Å². The summed E-state index contributed by atoms with van der Waals surface area (Å²) in [7, 11) is 1.90. The number of carbonyl (C=O) groups is 1. The highest BCUT2D eigenvalue weighted by Gasteiger charge is 2.65. The molecule has 5 nitrogen and oxygen atoms in total. The van der Waals surface area contributed by atoms with Crippen molar-refractivity contribution >= 4 is 17.2 Å². The van der Waals surface area contributed by atoms with E-state index in [1.807, 2.05) is 29.5 Å². The van der Waals surface area contributed by atoms with Crippen molar-refractivity contribution in [1.29, 1.82) is 0 Å². The molecule has 4 atom stereocenters. The van der Waals surface area contributed by atoms with Gasteiger partial charge in [-0.05, 0) is 67.4 Å². The van der Waals surface area contributed by atoms with Gasteiger partial charge in [-0.1, -0.05) is 19.4 Å². The molecule has 4 fully saturated rings. The Hall–Kier alpha value is -1.66. The second kappa shape index (κ2) is 6.17. The average Bonchev–Trinajstić information content (AvgIpc) is 3.30. The van der Waals surface area contributed by atoms with Crippen LogP contribution in [0, 0.1) is 16.7 Å². The maximum absolute atomic E-state index is 13.6. The van der Waals surface area contributed by atoms with Gasteiger partial charge in [0.05, 0.1) is 28.1 Å². The van der Waals surface area contributed by atoms with Gasteiger partial charge in [-0.25, -0.2) is 0 Å². The Labute approximate surface area is 170 Å². The summed E-state index contributed by atoms with van der Waals surface area (Å²) in [4.78, 5) is 16.6. The second-order valence-electron chi connectivity index (χ2n) is 9.78. The van der Waals surface area contributed by atoms with Gasteiger partial charge in [-0.2, -0.15) is 5.10 Å². The number of H-pyrrole nitrogens is 1. The third-order valence-electron chi connectivity index (χ3n) is 7.52. The SMILES string of the molecule is CCC12CC3CC(O)(C1)CC(C(=O)N(C)Cc1cc(-c4cccs4)n[nH]1)(C3)C2. The maximum Gasteiger partial charge on any atom is 0.229 e. The summed E-state index contributed by atoms with van der Waals surface area (Å²) in [6.07, 6.45) is 6.57. The Kier molecular flexibility index (Phi) is 4.05. The van der Waals surface area contributed by atoms with Crippen LogP contribution in [0.5, 0.6) is 0 Å². The highest BCUT2D eigenvalue weighted by Crippen LogP contribution is 2.67. The number of thiophene rings is 1. The minimum atomic E-state index is -0.633. The zero-order chi connectivity index (χ0) is 19.6. The zero-order valence-corrected chi connectivity index (χ0v) is 17.5. The van der Waals surface area contributed by atoms with Gasteiger partial charge < -0.3 is 10.0 Å². The highest BCUT2D eigenvalue weighted by atomic mass is 32.1. The first-order valence-electron chi connectivity index (χ1n) is 10.4. The van der Waals surface area contributed by atoms with Crippen LogP contribution in [-0.2, 0) is 11.3 Å². The fourth-order valence-corrected chi connectivity index (χ4v) is 7.63. The Morgan fingerprint density at radius 2 is 2.21 bits per heavy atom. The molecule has 2 N–H and O–H groups in total. The van der Waals surface area contributed by atoms with Gasteiger partial charge in [0.2, 0.25) is 5.91 Å². The number of carbonyl (C=O) groups excluding carboxylic acids is 1. The molecule has 2 aromatic rings. The zero-order valence-electron chi connectivity index (χ0n) is 16.7. The third-order valence-corrected chi connectivity index (χ3v) is 8.41. The molecule has 0 radical (unpaired) electrons. The van der Waals surface area contributed by atoms with E-state index < -0.39 is 5.60 Å². The van der Waals surface area contributed by atoms with Crippen molar-refractivity contribution in [3.05, 3.63) is 29.3 Å². The number of nitrogens with zero attached hydrogens (tertiary/aromatic N) is 2. The van der Waals surface area contributed by atoms with Gasteiger partial charge in [-0.15, -0.1) is 11.3 Å². The Morgan fingerprint density at radius 3 is 2.93 bits per heavy atom. The van der Waals surface area contributed by atoms with Gasteiger partial charge in [0.1, 0.15) is 5.69 Å². The standard InChI is InChI=1S/C22H29N3O2S/c1-3-20-8-15-9-21(12-20,14-22(27,10-15)13-20)19(26)25(2)11-16-7-17(24-23-16)18-5-4-6-28-18/h4-7,15,27H,3,8-14H2,1-2H3,(H,23,24). The minimum Gasteiger partial charge on any atom is -0.390 e. The topological polar surface area (TPSA) is 69.2 Å². The van der Waals surface area contributed by atoms with Crippen LogP contribution in [0.1, 0.15) is 57.6 Å². The second-order valence-corrected chi connectivity index (χ2v) is 10.7. The van der Waals surface area contributed by atoms with Crippen LogP contribution in [0.15, 0.2) is 23.6 Å². The lowest BCUT2D eigenvalue weighted by Gasteiger charge is -2.64. The summed E-state index contributed by atoms with van der Waals surface area (Å²) in [6, 6.07) is 6.11. The predicted molar refractivity (Wildman–Crippen MR) is 110 cm³/mol. The van der Waals surface area contributed by atoms with Crippen molar-refractivity contribution in [1.82, 2.24) is 15.1 Å². The summed E-state index contributed by atoms with van der Waals surface area (Å²) in [6.45, 7) is 2.76. The number of aromatic amines is 1. The van der Waals surface area contributed by atoms with Crippen LogP contribution in [-0.4, -0.2) is 38.8 Å². The summed E-state index contributed by atoms with van der Waals surface area (Å²) >= 11 is 1.66. The number of aromatic nitrogens is 2. The van der Waals surface area contributed by atoms with E-state index >= 15 is 0 Å². The molecule has 150 valence electrons.